The minimum absolute atomic E-state index is 0.454. The molecule has 5 heteroatoms. The number of benzene rings is 1. The van der Waals surface area contributed by atoms with Crippen LogP contribution in [0.3, 0.4) is 0 Å². The van der Waals surface area contributed by atoms with Crippen LogP contribution in [0.4, 0.5) is 4.79 Å². The molecule has 0 heterocycles. The van der Waals surface area contributed by atoms with E-state index in [9.17, 15) is 9.59 Å². The minimum Gasteiger partial charge on any atom is -0.444 e. The van der Waals surface area contributed by atoms with Gasteiger partial charge in [-0.25, -0.2) is 9.59 Å². The Morgan fingerprint density at radius 2 is 1.76 bits per heavy atom. The van der Waals surface area contributed by atoms with E-state index in [0.717, 1.165) is 12.0 Å². The number of alkyl carbamates (subject to hydrolysis) is 1. The van der Waals surface area contributed by atoms with Crippen molar-refractivity contribution in [1.82, 2.24) is 5.32 Å². The Labute approximate surface area is 125 Å². The summed E-state index contributed by atoms with van der Waals surface area (Å²) in [4.78, 5) is 23.4. The van der Waals surface area contributed by atoms with Gasteiger partial charge in [-0.2, -0.15) is 0 Å². The van der Waals surface area contributed by atoms with Gasteiger partial charge in [0.1, 0.15) is 17.4 Å². The van der Waals surface area contributed by atoms with Crippen LogP contribution in [0.2, 0.25) is 0 Å². The number of hydrogen-bond donors (Lipinski definition) is 1. The highest BCUT2D eigenvalue weighted by Gasteiger charge is 2.22. The van der Waals surface area contributed by atoms with Gasteiger partial charge in [-0.3, -0.25) is 0 Å². The number of rotatable bonds is 4. The SMILES string of the molecule is CCc1ccc(OC(=O)C(C)NC(=O)OC(C)(C)C)cc1. The number of ether oxygens (including phenoxy) is 2. The highest BCUT2D eigenvalue weighted by atomic mass is 16.6. The van der Waals surface area contributed by atoms with Crippen LogP contribution >= 0.6 is 0 Å². The lowest BCUT2D eigenvalue weighted by Gasteiger charge is -2.21. The molecule has 21 heavy (non-hydrogen) atoms. The van der Waals surface area contributed by atoms with Gasteiger partial charge < -0.3 is 14.8 Å². The zero-order valence-corrected chi connectivity index (χ0v) is 13.2. The van der Waals surface area contributed by atoms with Crippen LogP contribution in [-0.4, -0.2) is 23.7 Å². The molecule has 0 aliphatic rings. The first-order valence-electron chi connectivity index (χ1n) is 7.01. The van der Waals surface area contributed by atoms with Gasteiger partial charge in [-0.05, 0) is 51.8 Å². The van der Waals surface area contributed by atoms with Gasteiger partial charge >= 0.3 is 12.1 Å². The van der Waals surface area contributed by atoms with Crippen molar-refractivity contribution < 1.29 is 19.1 Å². The van der Waals surface area contributed by atoms with Crippen molar-refractivity contribution in [3.63, 3.8) is 0 Å². The van der Waals surface area contributed by atoms with Gasteiger partial charge in [0.2, 0.25) is 0 Å². The van der Waals surface area contributed by atoms with E-state index in [4.69, 9.17) is 9.47 Å². The molecule has 1 unspecified atom stereocenters. The van der Waals surface area contributed by atoms with Crippen molar-refractivity contribution in [2.24, 2.45) is 0 Å². The molecule has 0 aliphatic carbocycles. The minimum atomic E-state index is -0.786. The summed E-state index contributed by atoms with van der Waals surface area (Å²) in [5.74, 6) is -0.0832. The van der Waals surface area contributed by atoms with E-state index in [-0.39, 0.29) is 0 Å². The molecule has 1 rings (SSSR count). The first-order valence-corrected chi connectivity index (χ1v) is 7.01. The van der Waals surface area contributed by atoms with Crippen LogP contribution in [0.15, 0.2) is 24.3 Å². The fourth-order valence-corrected chi connectivity index (χ4v) is 1.54. The number of aryl methyl sites for hydroxylation is 1. The molecule has 0 aromatic heterocycles. The molecule has 0 radical (unpaired) electrons. The number of carbonyl (C=O) groups excluding carboxylic acids is 2. The second kappa shape index (κ2) is 7.11. The van der Waals surface area contributed by atoms with Crippen molar-refractivity contribution in [2.45, 2.75) is 52.7 Å². The van der Waals surface area contributed by atoms with E-state index in [0.29, 0.717) is 5.75 Å². The molecule has 1 atom stereocenters. The lowest BCUT2D eigenvalue weighted by Crippen LogP contribution is -2.43. The van der Waals surface area contributed by atoms with Gasteiger partial charge in [-0.1, -0.05) is 19.1 Å². The normalized spacial score (nSPS) is 12.4. The molecular weight excluding hydrogens is 270 g/mol. The maximum atomic E-state index is 11.9. The van der Waals surface area contributed by atoms with E-state index in [1.54, 1.807) is 39.8 Å². The third-order valence-electron chi connectivity index (χ3n) is 2.64. The van der Waals surface area contributed by atoms with Gasteiger partial charge in [0.05, 0.1) is 0 Å². The molecule has 1 N–H and O–H groups in total. The Morgan fingerprint density at radius 1 is 1.19 bits per heavy atom. The Morgan fingerprint density at radius 3 is 2.24 bits per heavy atom. The fourth-order valence-electron chi connectivity index (χ4n) is 1.54. The topological polar surface area (TPSA) is 64.6 Å². The molecule has 1 amide bonds. The third-order valence-corrected chi connectivity index (χ3v) is 2.64. The summed E-state index contributed by atoms with van der Waals surface area (Å²) < 4.78 is 10.3. The predicted octanol–water partition coefficient (Wildman–Crippen LogP) is 3.07. The maximum absolute atomic E-state index is 11.9. The van der Waals surface area contributed by atoms with Crippen molar-refractivity contribution in [2.75, 3.05) is 0 Å². The first kappa shape index (κ1) is 17.0. The molecule has 0 saturated heterocycles. The molecule has 0 saturated carbocycles. The Kier molecular flexibility index (Phi) is 5.76. The van der Waals surface area contributed by atoms with Crippen molar-refractivity contribution in [3.8, 4) is 5.75 Å². The molecule has 0 spiro atoms. The van der Waals surface area contributed by atoms with Crippen LogP contribution in [0.1, 0.15) is 40.2 Å². The van der Waals surface area contributed by atoms with Crippen LogP contribution in [0, 0.1) is 0 Å². The third kappa shape index (κ3) is 6.29. The largest absolute Gasteiger partial charge is 0.444 e. The Balaban J connectivity index is 2.52. The number of nitrogens with one attached hydrogen (secondary N) is 1. The van der Waals surface area contributed by atoms with Crippen molar-refractivity contribution in [3.05, 3.63) is 29.8 Å². The Bertz CT molecular complexity index is 488. The van der Waals surface area contributed by atoms with E-state index >= 15 is 0 Å². The lowest BCUT2D eigenvalue weighted by molar-refractivity contribution is -0.136. The average molecular weight is 293 g/mol. The van der Waals surface area contributed by atoms with E-state index < -0.39 is 23.7 Å². The summed E-state index contributed by atoms with van der Waals surface area (Å²) in [6.07, 6.45) is 0.276. The molecular formula is C16H23NO4. The molecule has 116 valence electrons. The first-order chi connectivity index (χ1) is 9.71. The van der Waals surface area contributed by atoms with Crippen molar-refractivity contribution >= 4 is 12.1 Å². The smallest absolute Gasteiger partial charge is 0.408 e. The van der Waals surface area contributed by atoms with Gasteiger partial charge in [0, 0.05) is 0 Å². The van der Waals surface area contributed by atoms with Crippen LogP contribution in [0.5, 0.6) is 5.75 Å². The van der Waals surface area contributed by atoms with E-state index in [1.807, 2.05) is 19.1 Å². The molecule has 0 aliphatic heterocycles. The highest BCUT2D eigenvalue weighted by Crippen LogP contribution is 2.13. The second-order valence-corrected chi connectivity index (χ2v) is 5.79. The van der Waals surface area contributed by atoms with Crippen LogP contribution in [-0.2, 0) is 16.0 Å². The summed E-state index contributed by atoms with van der Waals surface area (Å²) in [6.45, 7) is 8.86. The Hall–Kier alpha value is -2.04. The summed E-state index contributed by atoms with van der Waals surface area (Å²) in [5.41, 5.74) is 0.554. The summed E-state index contributed by atoms with van der Waals surface area (Å²) in [6, 6.07) is 6.47. The zero-order valence-electron chi connectivity index (χ0n) is 13.2. The quantitative estimate of drug-likeness (QED) is 0.684. The number of amides is 1. The lowest BCUT2D eigenvalue weighted by atomic mass is 10.2. The number of esters is 1. The van der Waals surface area contributed by atoms with Gasteiger partial charge in [0.15, 0.2) is 0 Å². The standard InChI is InChI=1S/C16H23NO4/c1-6-12-7-9-13(10-8-12)20-14(18)11(2)17-15(19)21-16(3,4)5/h7-11H,6H2,1-5H3,(H,17,19). The molecule has 0 bridgehead atoms. The molecule has 1 aromatic rings. The van der Waals surface area contributed by atoms with Crippen molar-refractivity contribution in [1.29, 1.82) is 0 Å². The highest BCUT2D eigenvalue weighted by molar-refractivity contribution is 5.82. The fraction of sp³-hybridized carbons (Fsp3) is 0.500. The van der Waals surface area contributed by atoms with Gasteiger partial charge in [-0.15, -0.1) is 0 Å². The monoisotopic (exact) mass is 293 g/mol. The second-order valence-electron chi connectivity index (χ2n) is 5.79. The summed E-state index contributed by atoms with van der Waals surface area (Å²) in [5, 5.41) is 2.44. The maximum Gasteiger partial charge on any atom is 0.408 e. The van der Waals surface area contributed by atoms with Gasteiger partial charge in [0.25, 0.3) is 0 Å². The van der Waals surface area contributed by atoms with E-state index in [2.05, 4.69) is 5.32 Å². The van der Waals surface area contributed by atoms with Crippen LogP contribution in [0.25, 0.3) is 0 Å². The predicted molar refractivity (Wildman–Crippen MR) is 80.3 cm³/mol. The number of carbonyl (C=O) groups is 2. The summed E-state index contributed by atoms with van der Waals surface area (Å²) in [7, 11) is 0. The van der Waals surface area contributed by atoms with E-state index in [1.165, 1.54) is 0 Å². The average Bonchev–Trinajstić information content (AvgIpc) is 2.37. The molecule has 1 aromatic carbocycles. The van der Waals surface area contributed by atoms with Crippen LogP contribution < -0.4 is 10.1 Å². The molecule has 5 nitrogen and oxygen atoms in total. The number of hydrogen-bond acceptors (Lipinski definition) is 4. The zero-order chi connectivity index (χ0) is 16.0. The molecule has 0 fully saturated rings. The summed E-state index contributed by atoms with van der Waals surface area (Å²) >= 11 is 0.